The highest BCUT2D eigenvalue weighted by atomic mass is 16.5. The van der Waals surface area contributed by atoms with Gasteiger partial charge in [-0.15, -0.1) is 0 Å². The van der Waals surface area contributed by atoms with Gasteiger partial charge in [-0.3, -0.25) is 9.59 Å². The Hall–Kier alpha value is -2.70. The Morgan fingerprint density at radius 1 is 1.00 bits per heavy atom. The van der Waals surface area contributed by atoms with Gasteiger partial charge in [-0.1, -0.05) is 24.3 Å². The number of rotatable bonds is 7. The first-order valence-corrected chi connectivity index (χ1v) is 8.79. The first kappa shape index (κ1) is 18.1. The maximum atomic E-state index is 12.2. The maximum absolute atomic E-state index is 12.2. The number of amides is 2. The third kappa shape index (κ3) is 5.40. The van der Waals surface area contributed by atoms with Gasteiger partial charge in [-0.05, 0) is 43.2 Å². The molecule has 1 heterocycles. The summed E-state index contributed by atoms with van der Waals surface area (Å²) in [7, 11) is 0. The van der Waals surface area contributed by atoms with E-state index in [4.69, 9.17) is 4.74 Å². The molecule has 0 spiro atoms. The van der Waals surface area contributed by atoms with Crippen molar-refractivity contribution in [3.8, 4) is 0 Å². The van der Waals surface area contributed by atoms with Crippen LogP contribution >= 0.6 is 0 Å². The van der Waals surface area contributed by atoms with Crippen LogP contribution in [0.1, 0.15) is 23.2 Å². The molecular weight excluding hydrogens is 330 g/mol. The van der Waals surface area contributed by atoms with Gasteiger partial charge in [-0.25, -0.2) is 0 Å². The highest BCUT2D eigenvalue weighted by molar-refractivity contribution is 6.04. The minimum Gasteiger partial charge on any atom is -0.377 e. The summed E-state index contributed by atoms with van der Waals surface area (Å²) in [5.74, 6) is -0.318. The van der Waals surface area contributed by atoms with E-state index >= 15 is 0 Å². The molecular formula is C20H23N3O3. The number of hydrogen-bond donors (Lipinski definition) is 3. The highest BCUT2D eigenvalue weighted by Gasteiger charge is 2.15. The lowest BCUT2D eigenvalue weighted by molar-refractivity contribution is -0.115. The predicted octanol–water partition coefficient (Wildman–Crippen LogP) is 2.65. The Morgan fingerprint density at radius 2 is 1.77 bits per heavy atom. The van der Waals surface area contributed by atoms with Crippen LogP contribution in [0.5, 0.6) is 0 Å². The lowest BCUT2D eigenvalue weighted by Crippen LogP contribution is -2.33. The second-order valence-corrected chi connectivity index (χ2v) is 6.22. The zero-order valence-electron chi connectivity index (χ0n) is 14.5. The molecule has 1 aliphatic rings. The molecule has 0 bridgehead atoms. The van der Waals surface area contributed by atoms with E-state index in [0.717, 1.165) is 19.4 Å². The van der Waals surface area contributed by atoms with E-state index in [1.807, 2.05) is 18.2 Å². The number of nitrogens with one attached hydrogen (secondary N) is 3. The smallest absolute Gasteiger partial charge is 0.255 e. The standard InChI is InChI=1S/C20H23N3O3/c24-19(14-21-13-18-10-5-11-26-18)22-16-8-4-9-17(12-16)23-20(25)15-6-2-1-3-7-15/h1-4,6-9,12,18,21H,5,10-11,13-14H2,(H,22,24)(H,23,25). The zero-order chi connectivity index (χ0) is 18.2. The predicted molar refractivity (Wildman–Crippen MR) is 101 cm³/mol. The van der Waals surface area contributed by atoms with Gasteiger partial charge >= 0.3 is 0 Å². The van der Waals surface area contributed by atoms with Crippen molar-refractivity contribution < 1.29 is 14.3 Å². The number of anilines is 2. The Kier molecular flexibility index (Phi) is 6.35. The number of benzene rings is 2. The van der Waals surface area contributed by atoms with E-state index in [-0.39, 0.29) is 24.5 Å². The molecule has 1 saturated heterocycles. The molecule has 2 aromatic rings. The molecule has 1 fully saturated rings. The monoisotopic (exact) mass is 353 g/mol. The van der Waals surface area contributed by atoms with Crippen LogP contribution in [0.3, 0.4) is 0 Å². The van der Waals surface area contributed by atoms with Crippen molar-refractivity contribution in [2.75, 3.05) is 30.3 Å². The van der Waals surface area contributed by atoms with Crippen LogP contribution in [0.15, 0.2) is 54.6 Å². The fourth-order valence-electron chi connectivity index (χ4n) is 2.82. The Bertz CT molecular complexity index is 743. The van der Waals surface area contributed by atoms with Crippen molar-refractivity contribution in [3.05, 3.63) is 60.2 Å². The van der Waals surface area contributed by atoms with E-state index in [1.165, 1.54) is 0 Å². The van der Waals surface area contributed by atoms with Gasteiger partial charge in [0.15, 0.2) is 0 Å². The van der Waals surface area contributed by atoms with Crippen LogP contribution in [-0.4, -0.2) is 37.6 Å². The summed E-state index contributed by atoms with van der Waals surface area (Å²) in [5, 5.41) is 8.77. The quantitative estimate of drug-likeness (QED) is 0.715. The van der Waals surface area contributed by atoms with Crippen molar-refractivity contribution in [3.63, 3.8) is 0 Å². The largest absolute Gasteiger partial charge is 0.377 e. The van der Waals surface area contributed by atoms with Gasteiger partial charge in [0.05, 0.1) is 12.6 Å². The summed E-state index contributed by atoms with van der Waals surface area (Å²) in [6.07, 6.45) is 2.33. The molecule has 0 aromatic heterocycles. The molecule has 6 heteroatoms. The molecule has 3 N–H and O–H groups in total. The van der Waals surface area contributed by atoms with Gasteiger partial charge in [0.25, 0.3) is 5.91 Å². The first-order chi connectivity index (χ1) is 12.7. The van der Waals surface area contributed by atoms with Crippen LogP contribution in [0.2, 0.25) is 0 Å². The second-order valence-electron chi connectivity index (χ2n) is 6.22. The van der Waals surface area contributed by atoms with E-state index in [9.17, 15) is 9.59 Å². The molecule has 6 nitrogen and oxygen atoms in total. The summed E-state index contributed by atoms with van der Waals surface area (Å²) in [6.45, 7) is 1.71. The van der Waals surface area contributed by atoms with Gasteiger partial charge in [0.1, 0.15) is 0 Å². The molecule has 26 heavy (non-hydrogen) atoms. The van der Waals surface area contributed by atoms with Crippen molar-refractivity contribution in [1.29, 1.82) is 0 Å². The molecule has 2 amide bonds. The molecule has 1 aliphatic heterocycles. The Morgan fingerprint density at radius 3 is 2.50 bits per heavy atom. The molecule has 3 rings (SSSR count). The molecule has 2 aromatic carbocycles. The average Bonchev–Trinajstić information content (AvgIpc) is 3.16. The topological polar surface area (TPSA) is 79.5 Å². The number of carbonyl (C=O) groups is 2. The number of ether oxygens (including phenoxy) is 1. The van der Waals surface area contributed by atoms with Gasteiger partial charge in [0.2, 0.25) is 5.91 Å². The van der Waals surface area contributed by atoms with Crippen LogP contribution in [0.4, 0.5) is 11.4 Å². The third-order valence-corrected chi connectivity index (χ3v) is 4.12. The highest BCUT2D eigenvalue weighted by Crippen LogP contribution is 2.16. The number of carbonyl (C=O) groups excluding carboxylic acids is 2. The molecule has 0 saturated carbocycles. The van der Waals surface area contributed by atoms with Gasteiger partial charge in [-0.2, -0.15) is 0 Å². The Balaban J connectivity index is 1.48. The summed E-state index contributed by atoms with van der Waals surface area (Å²) in [5.41, 5.74) is 1.85. The Labute approximate surface area is 152 Å². The van der Waals surface area contributed by atoms with E-state index in [2.05, 4.69) is 16.0 Å². The minimum atomic E-state index is -0.188. The van der Waals surface area contributed by atoms with Crippen LogP contribution in [0.25, 0.3) is 0 Å². The lowest BCUT2D eigenvalue weighted by atomic mass is 10.2. The maximum Gasteiger partial charge on any atom is 0.255 e. The van der Waals surface area contributed by atoms with Crippen molar-refractivity contribution in [1.82, 2.24) is 5.32 Å². The molecule has 1 unspecified atom stereocenters. The van der Waals surface area contributed by atoms with E-state index in [0.29, 0.717) is 23.5 Å². The van der Waals surface area contributed by atoms with Crippen molar-refractivity contribution in [2.45, 2.75) is 18.9 Å². The van der Waals surface area contributed by atoms with Crippen LogP contribution < -0.4 is 16.0 Å². The normalized spacial score (nSPS) is 16.2. The fraction of sp³-hybridized carbons (Fsp3) is 0.300. The minimum absolute atomic E-state index is 0.130. The summed E-state index contributed by atoms with van der Waals surface area (Å²) in [6, 6.07) is 16.1. The molecule has 0 aliphatic carbocycles. The summed E-state index contributed by atoms with van der Waals surface area (Å²) in [4.78, 5) is 24.2. The summed E-state index contributed by atoms with van der Waals surface area (Å²) < 4.78 is 5.51. The average molecular weight is 353 g/mol. The first-order valence-electron chi connectivity index (χ1n) is 8.79. The second kappa shape index (κ2) is 9.12. The van der Waals surface area contributed by atoms with Gasteiger partial charge in [0, 0.05) is 30.1 Å². The van der Waals surface area contributed by atoms with Crippen molar-refractivity contribution >= 4 is 23.2 Å². The van der Waals surface area contributed by atoms with Gasteiger partial charge < -0.3 is 20.7 Å². The molecule has 1 atom stereocenters. The SMILES string of the molecule is O=C(CNCC1CCCO1)Nc1cccc(NC(=O)c2ccccc2)c1. The fourth-order valence-corrected chi connectivity index (χ4v) is 2.82. The van der Waals surface area contributed by atoms with Crippen molar-refractivity contribution in [2.24, 2.45) is 0 Å². The zero-order valence-corrected chi connectivity index (χ0v) is 14.5. The lowest BCUT2D eigenvalue weighted by Gasteiger charge is -2.11. The van der Waals surface area contributed by atoms with E-state index in [1.54, 1.807) is 36.4 Å². The third-order valence-electron chi connectivity index (χ3n) is 4.12. The van der Waals surface area contributed by atoms with E-state index < -0.39 is 0 Å². The van der Waals surface area contributed by atoms with Crippen LogP contribution in [-0.2, 0) is 9.53 Å². The number of hydrogen-bond acceptors (Lipinski definition) is 4. The van der Waals surface area contributed by atoms with Crippen LogP contribution in [0, 0.1) is 0 Å². The molecule has 136 valence electrons. The summed E-state index contributed by atoms with van der Waals surface area (Å²) >= 11 is 0. The molecule has 0 radical (unpaired) electrons.